The molecule has 0 unspecified atom stereocenters. The summed E-state index contributed by atoms with van der Waals surface area (Å²) in [7, 11) is 0. The van der Waals surface area contributed by atoms with E-state index in [2.05, 4.69) is 12.2 Å². The summed E-state index contributed by atoms with van der Waals surface area (Å²) >= 11 is 0. The van der Waals surface area contributed by atoms with Crippen LogP contribution in [0.15, 0.2) is 12.2 Å². The van der Waals surface area contributed by atoms with Gasteiger partial charge in [-0.15, -0.1) is 0 Å². The van der Waals surface area contributed by atoms with Crippen molar-refractivity contribution in [3.8, 4) is 0 Å². The Morgan fingerprint density at radius 2 is 1.31 bits per heavy atom. The lowest BCUT2D eigenvalue weighted by atomic mass is 9.75. The second kappa shape index (κ2) is 11.2. The zero-order valence-corrected chi connectivity index (χ0v) is 12.0. The van der Waals surface area contributed by atoms with Crippen LogP contribution in [0.5, 0.6) is 0 Å². The van der Waals surface area contributed by atoms with Crippen molar-refractivity contribution in [1.82, 2.24) is 0 Å². The van der Waals surface area contributed by atoms with Crippen molar-refractivity contribution in [2.45, 2.75) is 79.1 Å². The minimum Gasteiger partial charge on any atom is -0.0885 e. The number of rotatable bonds is 1. The maximum absolute atomic E-state index is 2.41. The molecule has 0 aromatic carbocycles. The molecule has 0 saturated heterocycles. The Labute approximate surface area is 104 Å². The van der Waals surface area contributed by atoms with Crippen molar-refractivity contribution in [3.05, 3.63) is 12.2 Å². The molecular formula is C16H32. The van der Waals surface area contributed by atoms with E-state index in [1.54, 1.807) is 0 Å². The van der Waals surface area contributed by atoms with Crippen LogP contribution in [-0.4, -0.2) is 0 Å². The number of hydrogen-bond acceptors (Lipinski definition) is 0. The van der Waals surface area contributed by atoms with Gasteiger partial charge in [-0.05, 0) is 31.1 Å². The standard InChI is InChI=1S/C12H20.2C2H6/c1-3-7-11(8-4-1)12-9-5-2-6-10-12;2*1-2/h1,3,11-12H,2,4-10H2;2*1-2H3/t11-;;/m0../s1. The highest BCUT2D eigenvalue weighted by molar-refractivity contribution is 4.92. The first-order valence-electron chi connectivity index (χ1n) is 7.62. The minimum atomic E-state index is 1.05. The third-order valence-corrected chi connectivity index (χ3v) is 3.63. The lowest BCUT2D eigenvalue weighted by molar-refractivity contribution is 0.234. The van der Waals surface area contributed by atoms with E-state index < -0.39 is 0 Å². The average Bonchev–Trinajstić information content (AvgIpc) is 2.45. The Morgan fingerprint density at radius 1 is 0.688 bits per heavy atom. The predicted molar refractivity (Wildman–Crippen MR) is 75.8 cm³/mol. The monoisotopic (exact) mass is 224 g/mol. The van der Waals surface area contributed by atoms with Crippen molar-refractivity contribution in [3.63, 3.8) is 0 Å². The van der Waals surface area contributed by atoms with E-state index in [1.165, 1.54) is 51.4 Å². The van der Waals surface area contributed by atoms with E-state index >= 15 is 0 Å². The molecule has 0 aromatic rings. The maximum Gasteiger partial charge on any atom is -0.0319 e. The summed E-state index contributed by atoms with van der Waals surface area (Å²) in [5.74, 6) is 2.14. The Balaban J connectivity index is 0.000000509. The van der Waals surface area contributed by atoms with Crippen LogP contribution in [0.1, 0.15) is 79.1 Å². The Morgan fingerprint density at radius 3 is 1.81 bits per heavy atom. The second-order valence-corrected chi connectivity index (χ2v) is 4.44. The summed E-state index contributed by atoms with van der Waals surface area (Å²) in [5, 5.41) is 0. The number of allylic oxidation sites excluding steroid dienone is 2. The molecule has 1 saturated carbocycles. The lowest BCUT2D eigenvalue weighted by Gasteiger charge is -2.30. The van der Waals surface area contributed by atoms with Gasteiger partial charge in [0.1, 0.15) is 0 Å². The summed E-state index contributed by atoms with van der Waals surface area (Å²) < 4.78 is 0. The van der Waals surface area contributed by atoms with Gasteiger partial charge in [0.25, 0.3) is 0 Å². The molecular weight excluding hydrogens is 192 g/mol. The van der Waals surface area contributed by atoms with Crippen LogP contribution in [0.25, 0.3) is 0 Å². The molecule has 0 radical (unpaired) electrons. The first kappa shape index (κ1) is 15.7. The zero-order chi connectivity index (χ0) is 12.2. The van der Waals surface area contributed by atoms with Gasteiger partial charge in [0.2, 0.25) is 0 Å². The van der Waals surface area contributed by atoms with E-state index in [1.807, 2.05) is 27.7 Å². The molecule has 0 N–H and O–H groups in total. The largest absolute Gasteiger partial charge is 0.0885 e. The fourth-order valence-corrected chi connectivity index (χ4v) is 2.85. The summed E-state index contributed by atoms with van der Waals surface area (Å²) in [5.41, 5.74) is 0. The van der Waals surface area contributed by atoms with Gasteiger partial charge < -0.3 is 0 Å². The van der Waals surface area contributed by atoms with Gasteiger partial charge in [-0.2, -0.15) is 0 Å². The van der Waals surface area contributed by atoms with Crippen molar-refractivity contribution in [2.24, 2.45) is 11.8 Å². The van der Waals surface area contributed by atoms with Gasteiger partial charge in [0, 0.05) is 0 Å². The van der Waals surface area contributed by atoms with Crippen LogP contribution in [0.4, 0.5) is 0 Å². The molecule has 0 spiro atoms. The highest BCUT2D eigenvalue weighted by Gasteiger charge is 2.22. The molecule has 2 aliphatic carbocycles. The second-order valence-electron chi connectivity index (χ2n) is 4.44. The number of hydrogen-bond donors (Lipinski definition) is 0. The molecule has 0 bridgehead atoms. The van der Waals surface area contributed by atoms with Crippen LogP contribution in [0.3, 0.4) is 0 Å². The van der Waals surface area contributed by atoms with Gasteiger partial charge >= 0.3 is 0 Å². The third kappa shape index (κ3) is 5.72. The van der Waals surface area contributed by atoms with E-state index in [0.717, 1.165) is 11.8 Å². The quantitative estimate of drug-likeness (QED) is 0.481. The molecule has 0 nitrogen and oxygen atoms in total. The fraction of sp³-hybridized carbons (Fsp3) is 0.875. The minimum absolute atomic E-state index is 1.05. The normalized spacial score (nSPS) is 24.9. The highest BCUT2D eigenvalue weighted by Crippen LogP contribution is 2.35. The van der Waals surface area contributed by atoms with Crippen molar-refractivity contribution in [2.75, 3.05) is 0 Å². The zero-order valence-electron chi connectivity index (χ0n) is 12.0. The molecule has 0 aliphatic heterocycles. The third-order valence-electron chi connectivity index (χ3n) is 3.63. The summed E-state index contributed by atoms with van der Waals surface area (Å²) in [4.78, 5) is 0. The molecule has 2 aliphatic rings. The molecule has 96 valence electrons. The van der Waals surface area contributed by atoms with Crippen molar-refractivity contribution >= 4 is 0 Å². The molecule has 0 heteroatoms. The Kier molecular flexibility index (Phi) is 11.0. The highest BCUT2D eigenvalue weighted by atomic mass is 14.3. The van der Waals surface area contributed by atoms with Crippen LogP contribution in [0.2, 0.25) is 0 Å². The van der Waals surface area contributed by atoms with E-state index in [4.69, 9.17) is 0 Å². The summed E-state index contributed by atoms with van der Waals surface area (Å²) in [6, 6.07) is 0. The van der Waals surface area contributed by atoms with Gasteiger partial charge in [-0.3, -0.25) is 0 Å². The predicted octanol–water partition coefficient (Wildman–Crippen LogP) is 5.98. The SMILES string of the molecule is C1=CC[C@H](C2CCCCC2)CC1.CC.CC. The molecule has 1 atom stereocenters. The van der Waals surface area contributed by atoms with Crippen molar-refractivity contribution < 1.29 is 0 Å². The first-order chi connectivity index (χ1) is 7.97. The molecule has 16 heavy (non-hydrogen) atoms. The Bertz CT molecular complexity index is 151. The summed E-state index contributed by atoms with van der Waals surface area (Å²) in [6.45, 7) is 8.00. The summed E-state index contributed by atoms with van der Waals surface area (Å²) in [6.07, 6.45) is 16.5. The van der Waals surface area contributed by atoms with Crippen LogP contribution < -0.4 is 0 Å². The molecule has 2 rings (SSSR count). The maximum atomic E-state index is 2.41. The Hall–Kier alpha value is -0.260. The van der Waals surface area contributed by atoms with Crippen LogP contribution in [-0.2, 0) is 0 Å². The van der Waals surface area contributed by atoms with Gasteiger partial charge in [0.05, 0.1) is 0 Å². The first-order valence-corrected chi connectivity index (χ1v) is 7.62. The van der Waals surface area contributed by atoms with E-state index in [9.17, 15) is 0 Å². The van der Waals surface area contributed by atoms with Gasteiger partial charge in [-0.25, -0.2) is 0 Å². The van der Waals surface area contributed by atoms with Crippen molar-refractivity contribution in [1.29, 1.82) is 0 Å². The van der Waals surface area contributed by atoms with Gasteiger partial charge in [-0.1, -0.05) is 72.0 Å². The molecule has 1 fully saturated rings. The van der Waals surface area contributed by atoms with E-state index in [-0.39, 0.29) is 0 Å². The van der Waals surface area contributed by atoms with Crippen LogP contribution >= 0.6 is 0 Å². The lowest BCUT2D eigenvalue weighted by Crippen LogP contribution is -2.18. The van der Waals surface area contributed by atoms with E-state index in [0.29, 0.717) is 0 Å². The molecule has 0 heterocycles. The molecule has 0 amide bonds. The van der Waals surface area contributed by atoms with Crippen LogP contribution in [0, 0.1) is 11.8 Å². The van der Waals surface area contributed by atoms with Gasteiger partial charge in [0.15, 0.2) is 0 Å². The fourth-order valence-electron chi connectivity index (χ4n) is 2.85. The smallest absolute Gasteiger partial charge is 0.0319 e. The molecule has 0 aromatic heterocycles. The topological polar surface area (TPSA) is 0 Å². The average molecular weight is 224 g/mol.